The summed E-state index contributed by atoms with van der Waals surface area (Å²) in [4.78, 5) is 38.7. The SMILES string of the molecule is C[C@@H]1[C@H](C)CCC[C@H]1N1C[C@H](C(=O)OCC(=O)Nc2ccc(F)cc2Cl)CC1=O. The third kappa shape index (κ3) is 5.07. The molecule has 0 radical (unpaired) electrons. The molecule has 3 rings (SSSR count). The zero-order valence-electron chi connectivity index (χ0n) is 16.6. The molecule has 1 aromatic carbocycles. The molecule has 158 valence electrons. The van der Waals surface area contributed by atoms with Crippen molar-refractivity contribution in [1.29, 1.82) is 0 Å². The van der Waals surface area contributed by atoms with Gasteiger partial charge in [-0.1, -0.05) is 38.3 Å². The lowest BCUT2D eigenvalue weighted by Crippen LogP contribution is -2.45. The van der Waals surface area contributed by atoms with Gasteiger partial charge in [0.2, 0.25) is 5.91 Å². The number of likely N-dealkylation sites (tertiary alicyclic amines) is 1. The van der Waals surface area contributed by atoms with E-state index in [0.29, 0.717) is 18.4 Å². The van der Waals surface area contributed by atoms with Crippen LogP contribution in [0.15, 0.2) is 18.2 Å². The molecule has 0 bridgehead atoms. The van der Waals surface area contributed by atoms with Crippen molar-refractivity contribution >= 4 is 35.1 Å². The van der Waals surface area contributed by atoms with Crippen LogP contribution in [0.1, 0.15) is 39.5 Å². The van der Waals surface area contributed by atoms with Gasteiger partial charge in [0, 0.05) is 19.0 Å². The fourth-order valence-corrected chi connectivity index (χ4v) is 4.45. The molecule has 8 heteroatoms. The number of carbonyl (C=O) groups excluding carboxylic acids is 3. The Labute approximate surface area is 174 Å². The average Bonchev–Trinajstić information content (AvgIpc) is 3.06. The Hall–Kier alpha value is -2.15. The van der Waals surface area contributed by atoms with Crippen LogP contribution >= 0.6 is 11.6 Å². The molecule has 4 atom stereocenters. The topological polar surface area (TPSA) is 75.7 Å². The zero-order chi connectivity index (χ0) is 21.1. The van der Waals surface area contributed by atoms with Crippen LogP contribution in [0.3, 0.4) is 0 Å². The fourth-order valence-electron chi connectivity index (χ4n) is 4.24. The normalized spacial score (nSPS) is 27.0. The van der Waals surface area contributed by atoms with Crippen molar-refractivity contribution in [2.24, 2.45) is 17.8 Å². The predicted octanol–water partition coefficient (Wildman–Crippen LogP) is 3.63. The summed E-state index contributed by atoms with van der Waals surface area (Å²) in [7, 11) is 0. The average molecular weight is 425 g/mol. The minimum absolute atomic E-state index is 0.0274. The second-order valence-electron chi connectivity index (χ2n) is 8.06. The molecule has 1 saturated heterocycles. The molecule has 1 heterocycles. The highest BCUT2D eigenvalue weighted by Gasteiger charge is 2.42. The number of halogens is 2. The van der Waals surface area contributed by atoms with Crippen molar-refractivity contribution in [3.8, 4) is 0 Å². The minimum Gasteiger partial charge on any atom is -0.455 e. The van der Waals surface area contributed by atoms with E-state index in [1.807, 2.05) is 4.90 Å². The maximum atomic E-state index is 13.1. The number of anilines is 1. The molecule has 2 fully saturated rings. The van der Waals surface area contributed by atoms with Gasteiger partial charge in [0.05, 0.1) is 16.6 Å². The van der Waals surface area contributed by atoms with Crippen LogP contribution in [0, 0.1) is 23.6 Å². The largest absolute Gasteiger partial charge is 0.455 e. The van der Waals surface area contributed by atoms with Gasteiger partial charge >= 0.3 is 5.97 Å². The van der Waals surface area contributed by atoms with Crippen molar-refractivity contribution in [3.63, 3.8) is 0 Å². The Morgan fingerprint density at radius 3 is 2.79 bits per heavy atom. The van der Waals surface area contributed by atoms with E-state index in [9.17, 15) is 18.8 Å². The lowest BCUT2D eigenvalue weighted by molar-refractivity contribution is -0.151. The van der Waals surface area contributed by atoms with Gasteiger partial charge in [-0.15, -0.1) is 0 Å². The number of benzene rings is 1. The Kier molecular flexibility index (Phi) is 6.77. The third-order valence-corrected chi connectivity index (χ3v) is 6.42. The molecule has 1 aromatic rings. The van der Waals surface area contributed by atoms with Crippen LogP contribution < -0.4 is 5.32 Å². The lowest BCUT2D eigenvalue weighted by Gasteiger charge is -2.39. The Bertz CT molecular complexity index is 803. The summed E-state index contributed by atoms with van der Waals surface area (Å²) in [6.07, 6.45) is 3.32. The molecule has 6 nitrogen and oxygen atoms in total. The highest BCUT2D eigenvalue weighted by Crippen LogP contribution is 2.36. The third-order valence-electron chi connectivity index (χ3n) is 6.11. The quantitative estimate of drug-likeness (QED) is 0.732. The maximum absolute atomic E-state index is 13.1. The molecule has 1 aliphatic heterocycles. The van der Waals surface area contributed by atoms with Crippen molar-refractivity contribution in [2.45, 2.75) is 45.6 Å². The van der Waals surface area contributed by atoms with Gasteiger partial charge in [0.15, 0.2) is 6.61 Å². The van der Waals surface area contributed by atoms with Crippen LogP contribution in [0.2, 0.25) is 5.02 Å². The Balaban J connectivity index is 1.51. The lowest BCUT2D eigenvalue weighted by atomic mass is 9.77. The first-order valence-corrected chi connectivity index (χ1v) is 10.3. The summed E-state index contributed by atoms with van der Waals surface area (Å²) < 4.78 is 18.2. The minimum atomic E-state index is -0.581. The van der Waals surface area contributed by atoms with E-state index in [1.54, 1.807) is 0 Å². The van der Waals surface area contributed by atoms with E-state index in [1.165, 1.54) is 18.6 Å². The van der Waals surface area contributed by atoms with Crippen molar-refractivity contribution < 1.29 is 23.5 Å². The molecule has 2 amide bonds. The molecule has 1 N–H and O–H groups in total. The van der Waals surface area contributed by atoms with Gasteiger partial charge in [0.1, 0.15) is 5.82 Å². The van der Waals surface area contributed by atoms with E-state index in [2.05, 4.69) is 19.2 Å². The van der Waals surface area contributed by atoms with Crippen molar-refractivity contribution in [3.05, 3.63) is 29.0 Å². The number of esters is 1. The summed E-state index contributed by atoms with van der Waals surface area (Å²) in [5.41, 5.74) is 0.233. The number of hydrogen-bond donors (Lipinski definition) is 1. The number of amides is 2. The molecule has 1 saturated carbocycles. The molecule has 0 aromatic heterocycles. The molecule has 0 unspecified atom stereocenters. The summed E-state index contributed by atoms with van der Waals surface area (Å²) in [5, 5.41) is 2.52. The van der Waals surface area contributed by atoms with Gasteiger partial charge < -0.3 is 15.0 Å². The maximum Gasteiger partial charge on any atom is 0.311 e. The van der Waals surface area contributed by atoms with Crippen LogP contribution in [0.5, 0.6) is 0 Å². The Morgan fingerprint density at radius 2 is 2.07 bits per heavy atom. The molecule has 29 heavy (non-hydrogen) atoms. The fraction of sp³-hybridized carbons (Fsp3) is 0.571. The van der Waals surface area contributed by atoms with Gasteiger partial charge in [-0.05, 0) is 36.5 Å². The monoisotopic (exact) mass is 424 g/mol. The van der Waals surface area contributed by atoms with Gasteiger partial charge in [0.25, 0.3) is 5.91 Å². The Morgan fingerprint density at radius 1 is 1.31 bits per heavy atom. The smallest absolute Gasteiger partial charge is 0.311 e. The van der Waals surface area contributed by atoms with E-state index < -0.39 is 30.2 Å². The van der Waals surface area contributed by atoms with E-state index >= 15 is 0 Å². The predicted molar refractivity (Wildman–Crippen MR) is 107 cm³/mol. The standard InChI is InChI=1S/C21H26ClFN2O4/c1-12-4-3-5-18(13(12)2)25-10-14(8-20(25)27)21(28)29-11-19(26)24-17-7-6-15(23)9-16(17)22/h6-7,9,12-14,18H,3-5,8,10-11H2,1-2H3,(H,24,26)/t12-,13-,14-,18-/m1/s1. The number of ether oxygens (including phenoxy) is 1. The second-order valence-corrected chi connectivity index (χ2v) is 8.47. The van der Waals surface area contributed by atoms with Crippen molar-refractivity contribution in [2.75, 3.05) is 18.5 Å². The van der Waals surface area contributed by atoms with Crippen LogP contribution in [0.25, 0.3) is 0 Å². The van der Waals surface area contributed by atoms with Crippen LogP contribution in [0.4, 0.5) is 10.1 Å². The van der Waals surface area contributed by atoms with Crippen molar-refractivity contribution in [1.82, 2.24) is 4.90 Å². The summed E-state index contributed by atoms with van der Waals surface area (Å²) in [6, 6.07) is 3.74. The molecular weight excluding hydrogens is 399 g/mol. The number of hydrogen-bond acceptors (Lipinski definition) is 4. The first-order valence-electron chi connectivity index (χ1n) is 9.97. The number of nitrogens with zero attached hydrogens (tertiary/aromatic N) is 1. The molecule has 2 aliphatic rings. The summed E-state index contributed by atoms with van der Waals surface area (Å²) in [5.74, 6) is -1.30. The van der Waals surface area contributed by atoms with E-state index in [0.717, 1.165) is 18.9 Å². The number of rotatable bonds is 5. The molecule has 0 spiro atoms. The summed E-state index contributed by atoms with van der Waals surface area (Å²) in [6.45, 7) is 4.21. The van der Waals surface area contributed by atoms with Gasteiger partial charge in [-0.25, -0.2) is 4.39 Å². The van der Waals surface area contributed by atoms with Gasteiger partial charge in [-0.3, -0.25) is 14.4 Å². The van der Waals surface area contributed by atoms with Crippen LogP contribution in [-0.4, -0.2) is 41.9 Å². The summed E-state index contributed by atoms with van der Waals surface area (Å²) >= 11 is 5.86. The number of carbonyl (C=O) groups is 3. The first-order chi connectivity index (χ1) is 13.8. The second kappa shape index (κ2) is 9.11. The highest BCUT2D eigenvalue weighted by molar-refractivity contribution is 6.33. The van der Waals surface area contributed by atoms with E-state index in [4.69, 9.17) is 16.3 Å². The number of nitrogens with one attached hydrogen (secondary N) is 1. The van der Waals surface area contributed by atoms with E-state index in [-0.39, 0.29) is 29.1 Å². The van der Waals surface area contributed by atoms with Crippen LogP contribution in [-0.2, 0) is 19.1 Å². The highest BCUT2D eigenvalue weighted by atomic mass is 35.5. The molecular formula is C21H26ClFN2O4. The zero-order valence-corrected chi connectivity index (χ0v) is 17.4. The molecule has 1 aliphatic carbocycles. The van der Waals surface area contributed by atoms with Gasteiger partial charge in [-0.2, -0.15) is 0 Å². The first kappa shape index (κ1) is 21.6.